The van der Waals surface area contributed by atoms with Gasteiger partial charge in [-0.2, -0.15) is 0 Å². The van der Waals surface area contributed by atoms with E-state index >= 15 is 0 Å². The fourth-order valence-corrected chi connectivity index (χ4v) is 1.79. The molecule has 0 bridgehead atoms. The standard InChI is InChI=1S/C14H29N3O3/c1-7-8-16(10-9-15(5)6)13(20)17(11-12(18)19)14(2,3)4/h7-11H2,1-6H3,(H,18,19). The minimum absolute atomic E-state index is 0.205. The first kappa shape index (κ1) is 18.7. The van der Waals surface area contributed by atoms with Crippen LogP contribution in [-0.4, -0.2) is 77.6 Å². The van der Waals surface area contributed by atoms with Crippen LogP contribution in [-0.2, 0) is 4.79 Å². The number of rotatable bonds is 7. The van der Waals surface area contributed by atoms with Gasteiger partial charge >= 0.3 is 12.0 Å². The third-order valence-corrected chi connectivity index (χ3v) is 2.92. The topological polar surface area (TPSA) is 64.1 Å². The molecule has 0 aliphatic carbocycles. The molecule has 2 amide bonds. The van der Waals surface area contributed by atoms with E-state index in [-0.39, 0.29) is 12.6 Å². The van der Waals surface area contributed by atoms with Crippen LogP contribution in [0.15, 0.2) is 0 Å². The molecule has 0 rings (SSSR count). The normalized spacial score (nSPS) is 11.6. The zero-order valence-electron chi connectivity index (χ0n) is 13.6. The zero-order valence-corrected chi connectivity index (χ0v) is 13.6. The molecule has 0 saturated carbocycles. The van der Waals surface area contributed by atoms with Gasteiger partial charge in [0.1, 0.15) is 6.54 Å². The van der Waals surface area contributed by atoms with Gasteiger partial charge in [-0.25, -0.2) is 4.79 Å². The predicted molar refractivity (Wildman–Crippen MR) is 79.9 cm³/mol. The molecule has 0 unspecified atom stereocenters. The Balaban J connectivity index is 4.99. The molecule has 0 spiro atoms. The van der Waals surface area contributed by atoms with Crippen LogP contribution in [0, 0.1) is 0 Å². The monoisotopic (exact) mass is 287 g/mol. The summed E-state index contributed by atoms with van der Waals surface area (Å²) in [5.74, 6) is -0.989. The molecule has 0 aromatic heterocycles. The quantitative estimate of drug-likeness (QED) is 0.772. The Morgan fingerprint density at radius 1 is 1.05 bits per heavy atom. The fraction of sp³-hybridized carbons (Fsp3) is 0.857. The number of urea groups is 1. The second-order valence-electron chi connectivity index (χ2n) is 6.22. The molecule has 0 heterocycles. The Morgan fingerprint density at radius 2 is 1.60 bits per heavy atom. The summed E-state index contributed by atoms with van der Waals surface area (Å²) >= 11 is 0. The van der Waals surface area contributed by atoms with E-state index in [9.17, 15) is 9.59 Å². The summed E-state index contributed by atoms with van der Waals surface area (Å²) in [5.41, 5.74) is -0.514. The number of carbonyl (C=O) groups excluding carboxylic acids is 1. The molecule has 20 heavy (non-hydrogen) atoms. The Morgan fingerprint density at radius 3 is 1.95 bits per heavy atom. The molecule has 0 aromatic carbocycles. The van der Waals surface area contributed by atoms with Gasteiger partial charge in [-0.1, -0.05) is 6.92 Å². The first-order valence-electron chi connectivity index (χ1n) is 7.02. The number of nitrogens with zero attached hydrogens (tertiary/aromatic N) is 3. The Kier molecular flexibility index (Phi) is 7.57. The van der Waals surface area contributed by atoms with E-state index < -0.39 is 11.5 Å². The van der Waals surface area contributed by atoms with Crippen molar-refractivity contribution >= 4 is 12.0 Å². The molecule has 0 saturated heterocycles. The second kappa shape index (κ2) is 8.09. The van der Waals surface area contributed by atoms with Crippen molar-refractivity contribution in [2.24, 2.45) is 0 Å². The average Bonchev–Trinajstić information content (AvgIpc) is 2.28. The SMILES string of the molecule is CCCN(CCN(C)C)C(=O)N(CC(=O)O)C(C)(C)C. The van der Waals surface area contributed by atoms with Gasteiger partial charge in [0.05, 0.1) is 0 Å². The highest BCUT2D eigenvalue weighted by Crippen LogP contribution is 2.16. The van der Waals surface area contributed by atoms with Crippen LogP contribution in [0.2, 0.25) is 0 Å². The lowest BCUT2D eigenvalue weighted by atomic mass is 10.1. The van der Waals surface area contributed by atoms with Crippen LogP contribution >= 0.6 is 0 Å². The van der Waals surface area contributed by atoms with E-state index in [1.54, 1.807) is 4.90 Å². The molecule has 0 radical (unpaired) electrons. The van der Waals surface area contributed by atoms with Crippen molar-refractivity contribution in [1.82, 2.24) is 14.7 Å². The third-order valence-electron chi connectivity index (χ3n) is 2.92. The highest BCUT2D eigenvalue weighted by molar-refractivity contribution is 5.80. The molecule has 0 aliphatic heterocycles. The molecule has 6 heteroatoms. The molecule has 1 N–H and O–H groups in total. The molecule has 0 fully saturated rings. The molecule has 6 nitrogen and oxygen atoms in total. The van der Waals surface area contributed by atoms with Crippen LogP contribution in [0.1, 0.15) is 34.1 Å². The van der Waals surface area contributed by atoms with E-state index in [1.165, 1.54) is 4.90 Å². The van der Waals surface area contributed by atoms with Crippen molar-refractivity contribution in [3.8, 4) is 0 Å². The summed E-state index contributed by atoms with van der Waals surface area (Å²) in [5, 5.41) is 9.01. The number of hydrogen-bond acceptors (Lipinski definition) is 3. The maximum atomic E-state index is 12.6. The average molecular weight is 287 g/mol. The highest BCUT2D eigenvalue weighted by Gasteiger charge is 2.31. The lowest BCUT2D eigenvalue weighted by Gasteiger charge is -2.38. The van der Waals surface area contributed by atoms with Gasteiger partial charge in [0.2, 0.25) is 0 Å². The number of carboxylic acids is 1. The van der Waals surface area contributed by atoms with Crippen LogP contribution < -0.4 is 0 Å². The van der Waals surface area contributed by atoms with Crippen molar-refractivity contribution in [2.75, 3.05) is 40.3 Å². The molecule has 0 aromatic rings. The minimum atomic E-state index is -0.989. The van der Waals surface area contributed by atoms with Crippen molar-refractivity contribution in [3.05, 3.63) is 0 Å². The third kappa shape index (κ3) is 6.75. The Bertz CT molecular complexity index is 324. The van der Waals surface area contributed by atoms with Gasteiger partial charge in [-0.3, -0.25) is 4.79 Å². The fourth-order valence-electron chi connectivity index (χ4n) is 1.79. The first-order valence-corrected chi connectivity index (χ1v) is 7.02. The molecular weight excluding hydrogens is 258 g/mol. The van der Waals surface area contributed by atoms with E-state index in [1.807, 2.05) is 46.7 Å². The summed E-state index contributed by atoms with van der Waals surface area (Å²) in [7, 11) is 3.90. The van der Waals surface area contributed by atoms with Crippen LogP contribution in [0.3, 0.4) is 0 Å². The summed E-state index contributed by atoms with van der Waals surface area (Å²) in [6.45, 7) is 9.29. The zero-order chi connectivity index (χ0) is 15.9. The summed E-state index contributed by atoms with van der Waals surface area (Å²) in [4.78, 5) is 28.7. The Hall–Kier alpha value is -1.30. The summed E-state index contributed by atoms with van der Waals surface area (Å²) in [6, 6.07) is -0.205. The summed E-state index contributed by atoms with van der Waals surface area (Å²) < 4.78 is 0. The van der Waals surface area contributed by atoms with Gasteiger partial charge in [-0.05, 0) is 41.3 Å². The maximum Gasteiger partial charge on any atom is 0.323 e. The second-order valence-corrected chi connectivity index (χ2v) is 6.22. The van der Waals surface area contributed by atoms with Crippen molar-refractivity contribution in [3.63, 3.8) is 0 Å². The molecule has 0 atom stereocenters. The van der Waals surface area contributed by atoms with Crippen LogP contribution in [0.4, 0.5) is 4.79 Å². The number of carbonyl (C=O) groups is 2. The Labute approximate surface area is 122 Å². The minimum Gasteiger partial charge on any atom is -0.480 e. The van der Waals surface area contributed by atoms with E-state index in [0.29, 0.717) is 13.1 Å². The molecule has 0 aliphatic rings. The number of aliphatic carboxylic acids is 1. The molecular formula is C14H29N3O3. The van der Waals surface area contributed by atoms with Crippen molar-refractivity contribution in [1.29, 1.82) is 0 Å². The number of likely N-dealkylation sites (N-methyl/N-ethyl adjacent to an activating group) is 1. The van der Waals surface area contributed by atoms with Gasteiger partial charge < -0.3 is 19.8 Å². The van der Waals surface area contributed by atoms with Gasteiger partial charge in [0.25, 0.3) is 0 Å². The lowest BCUT2D eigenvalue weighted by molar-refractivity contribution is -0.138. The van der Waals surface area contributed by atoms with E-state index in [0.717, 1.165) is 13.0 Å². The van der Waals surface area contributed by atoms with Crippen molar-refractivity contribution in [2.45, 2.75) is 39.7 Å². The van der Waals surface area contributed by atoms with Crippen molar-refractivity contribution < 1.29 is 14.7 Å². The maximum absolute atomic E-state index is 12.6. The first-order chi connectivity index (χ1) is 9.09. The predicted octanol–water partition coefficient (Wildman–Crippen LogP) is 1.57. The van der Waals surface area contributed by atoms with Crippen LogP contribution in [0.25, 0.3) is 0 Å². The smallest absolute Gasteiger partial charge is 0.323 e. The molecule has 118 valence electrons. The van der Waals surface area contributed by atoms with Gasteiger partial charge in [0, 0.05) is 25.2 Å². The number of hydrogen-bond donors (Lipinski definition) is 1. The highest BCUT2D eigenvalue weighted by atomic mass is 16.4. The largest absolute Gasteiger partial charge is 0.480 e. The number of amides is 2. The lowest BCUT2D eigenvalue weighted by Crippen LogP contribution is -2.54. The van der Waals surface area contributed by atoms with E-state index in [2.05, 4.69) is 0 Å². The summed E-state index contributed by atoms with van der Waals surface area (Å²) in [6.07, 6.45) is 0.851. The van der Waals surface area contributed by atoms with Gasteiger partial charge in [-0.15, -0.1) is 0 Å². The number of carboxylic acid groups (broad SMARTS) is 1. The van der Waals surface area contributed by atoms with E-state index in [4.69, 9.17) is 5.11 Å². The van der Waals surface area contributed by atoms with Gasteiger partial charge in [0.15, 0.2) is 0 Å². The van der Waals surface area contributed by atoms with Crippen LogP contribution in [0.5, 0.6) is 0 Å².